The summed E-state index contributed by atoms with van der Waals surface area (Å²) in [5, 5.41) is 5.81. The Morgan fingerprint density at radius 2 is 1.86 bits per heavy atom. The van der Waals surface area contributed by atoms with Crippen LogP contribution in [0.4, 0.5) is 11.8 Å². The topological polar surface area (TPSA) is 102 Å². The standard InChI is InChI=1S/C30H34N10O2/c1-18-21-15-32-40(24(21)12-23(33-18)22-14-31-6-5-26(22)41-4)27-13-25-28(29(34-27)39-16-20-11-19(39)17-42-20)35-30(37(25)3)38-9-7-36(2)8-10-38/h5-6,12-15,19-20H,7-11,16-17H2,1-4H3/t19-,20-/m1/s1. The number of fused-ring (bicyclic) bond motifs is 4. The Morgan fingerprint density at radius 3 is 2.62 bits per heavy atom. The number of likely N-dealkylation sites (N-methyl/N-ethyl adjacent to an activating group) is 1. The van der Waals surface area contributed by atoms with Crippen LogP contribution in [0.25, 0.3) is 39.0 Å². The molecule has 8 heterocycles. The molecule has 12 nitrogen and oxygen atoms in total. The average Bonchev–Trinajstić information content (AvgIpc) is 3.81. The van der Waals surface area contributed by atoms with Gasteiger partial charge in [0.15, 0.2) is 11.6 Å². The minimum absolute atomic E-state index is 0.243. The number of morpholine rings is 1. The van der Waals surface area contributed by atoms with Crippen LogP contribution < -0.4 is 14.5 Å². The molecule has 8 rings (SSSR count). The second-order valence-electron chi connectivity index (χ2n) is 11.6. The van der Waals surface area contributed by atoms with Gasteiger partial charge in [0.25, 0.3) is 0 Å². The van der Waals surface area contributed by atoms with Gasteiger partial charge in [-0.3, -0.25) is 9.97 Å². The van der Waals surface area contributed by atoms with Crippen LogP contribution in [0.1, 0.15) is 12.1 Å². The summed E-state index contributed by atoms with van der Waals surface area (Å²) in [5.41, 5.74) is 5.38. The Hall–Kier alpha value is -4.29. The van der Waals surface area contributed by atoms with Crippen LogP contribution in [0, 0.1) is 6.92 Å². The van der Waals surface area contributed by atoms with Crippen molar-refractivity contribution in [2.45, 2.75) is 25.5 Å². The summed E-state index contributed by atoms with van der Waals surface area (Å²) in [5.74, 6) is 3.36. The van der Waals surface area contributed by atoms with Crippen LogP contribution in [0.5, 0.6) is 5.75 Å². The van der Waals surface area contributed by atoms with Crippen molar-refractivity contribution in [3.8, 4) is 22.8 Å². The van der Waals surface area contributed by atoms with E-state index in [9.17, 15) is 0 Å². The number of ether oxygens (including phenoxy) is 2. The Kier molecular flexibility index (Phi) is 5.83. The molecular weight excluding hydrogens is 532 g/mol. The Labute approximate surface area is 243 Å². The largest absolute Gasteiger partial charge is 0.496 e. The van der Waals surface area contributed by atoms with Crippen molar-refractivity contribution in [3.63, 3.8) is 0 Å². The third-order valence-corrected chi connectivity index (χ3v) is 9.02. The van der Waals surface area contributed by atoms with Gasteiger partial charge < -0.3 is 28.7 Å². The first kappa shape index (κ1) is 25.4. The van der Waals surface area contributed by atoms with Crippen LogP contribution >= 0.6 is 0 Å². The maximum atomic E-state index is 5.95. The number of pyridine rings is 3. The Bertz CT molecular complexity index is 1820. The zero-order chi connectivity index (χ0) is 28.5. The number of anilines is 2. The second-order valence-corrected chi connectivity index (χ2v) is 11.6. The van der Waals surface area contributed by atoms with Gasteiger partial charge in [0.2, 0.25) is 5.95 Å². The SMILES string of the molecule is COc1ccncc1-c1cc2c(cnn2-c2cc3c(nc(N4CCN(C)CC4)n3C)c(N3C[C@H]4C[C@@H]3CO4)n2)c(C)n1. The van der Waals surface area contributed by atoms with Gasteiger partial charge in [0, 0.05) is 69.3 Å². The Morgan fingerprint density at radius 1 is 1.00 bits per heavy atom. The summed E-state index contributed by atoms with van der Waals surface area (Å²) in [7, 11) is 5.94. The number of aryl methyl sites for hydroxylation is 2. The van der Waals surface area contributed by atoms with Gasteiger partial charge in [-0.1, -0.05) is 0 Å². The molecule has 0 N–H and O–H groups in total. The van der Waals surface area contributed by atoms with Gasteiger partial charge in [-0.25, -0.2) is 14.6 Å². The quantitative estimate of drug-likeness (QED) is 0.316. The predicted octanol–water partition coefficient (Wildman–Crippen LogP) is 2.81. The first-order valence-electron chi connectivity index (χ1n) is 14.5. The summed E-state index contributed by atoms with van der Waals surface area (Å²) in [6.45, 7) is 7.48. The highest BCUT2D eigenvalue weighted by molar-refractivity contribution is 5.92. The molecule has 0 saturated carbocycles. The van der Waals surface area contributed by atoms with E-state index in [0.717, 1.165) is 108 Å². The zero-order valence-corrected chi connectivity index (χ0v) is 24.4. The minimum Gasteiger partial charge on any atom is -0.496 e. The van der Waals surface area contributed by atoms with Gasteiger partial charge in [-0.15, -0.1) is 0 Å². The highest BCUT2D eigenvalue weighted by Gasteiger charge is 2.41. The molecule has 5 aromatic heterocycles. The summed E-state index contributed by atoms with van der Waals surface area (Å²) in [6, 6.07) is 6.32. The molecule has 0 aliphatic carbocycles. The maximum Gasteiger partial charge on any atom is 0.206 e. The molecule has 5 aromatic rings. The van der Waals surface area contributed by atoms with E-state index in [1.165, 1.54) is 0 Å². The fourth-order valence-corrected chi connectivity index (χ4v) is 6.65. The van der Waals surface area contributed by atoms with Crippen molar-refractivity contribution in [1.82, 2.24) is 39.2 Å². The van der Waals surface area contributed by atoms with Crippen LogP contribution in [0.2, 0.25) is 0 Å². The van der Waals surface area contributed by atoms with Gasteiger partial charge in [0.1, 0.15) is 11.3 Å². The molecule has 0 radical (unpaired) electrons. The fraction of sp³-hybridized carbons (Fsp3) is 0.433. The molecule has 3 aliphatic heterocycles. The van der Waals surface area contributed by atoms with E-state index in [2.05, 4.69) is 44.4 Å². The number of rotatable bonds is 5. The van der Waals surface area contributed by atoms with Crippen molar-refractivity contribution in [3.05, 3.63) is 42.5 Å². The normalized spacial score (nSPS) is 20.9. The van der Waals surface area contributed by atoms with Crippen LogP contribution in [-0.2, 0) is 11.8 Å². The number of methoxy groups -OCH3 is 1. The molecule has 0 unspecified atom stereocenters. The van der Waals surface area contributed by atoms with E-state index in [-0.39, 0.29) is 6.10 Å². The van der Waals surface area contributed by atoms with Crippen molar-refractivity contribution in [1.29, 1.82) is 0 Å². The smallest absolute Gasteiger partial charge is 0.206 e. The Balaban J connectivity index is 1.31. The molecule has 2 atom stereocenters. The summed E-state index contributed by atoms with van der Waals surface area (Å²) < 4.78 is 15.7. The lowest BCUT2D eigenvalue weighted by Crippen LogP contribution is -2.45. The second kappa shape index (κ2) is 9.63. The van der Waals surface area contributed by atoms with E-state index in [0.29, 0.717) is 6.04 Å². The third-order valence-electron chi connectivity index (χ3n) is 9.02. The lowest BCUT2D eigenvalue weighted by atomic mass is 10.1. The molecule has 3 aliphatic rings. The summed E-state index contributed by atoms with van der Waals surface area (Å²) in [6.07, 6.45) is 6.65. The molecule has 3 fully saturated rings. The van der Waals surface area contributed by atoms with E-state index in [4.69, 9.17) is 29.5 Å². The highest BCUT2D eigenvalue weighted by atomic mass is 16.5. The number of hydrogen-bond acceptors (Lipinski definition) is 10. The molecule has 0 amide bonds. The number of nitrogens with zero attached hydrogens (tertiary/aromatic N) is 10. The molecule has 12 heteroatoms. The van der Waals surface area contributed by atoms with E-state index >= 15 is 0 Å². The van der Waals surface area contributed by atoms with Crippen LogP contribution in [-0.4, -0.2) is 105 Å². The van der Waals surface area contributed by atoms with Crippen LogP contribution in [0.15, 0.2) is 36.8 Å². The van der Waals surface area contributed by atoms with Crippen molar-refractivity contribution < 1.29 is 9.47 Å². The van der Waals surface area contributed by atoms with Crippen molar-refractivity contribution >= 4 is 33.7 Å². The third kappa shape index (κ3) is 3.92. The number of aromatic nitrogens is 7. The minimum atomic E-state index is 0.243. The van der Waals surface area contributed by atoms with Gasteiger partial charge in [-0.05, 0) is 32.5 Å². The zero-order valence-electron chi connectivity index (χ0n) is 24.4. The van der Waals surface area contributed by atoms with Gasteiger partial charge >= 0.3 is 0 Å². The van der Waals surface area contributed by atoms with Gasteiger partial charge in [0.05, 0.1) is 54.4 Å². The molecule has 42 heavy (non-hydrogen) atoms. The highest BCUT2D eigenvalue weighted by Crippen LogP contribution is 2.38. The lowest BCUT2D eigenvalue weighted by Gasteiger charge is -2.32. The first-order valence-corrected chi connectivity index (χ1v) is 14.5. The van der Waals surface area contributed by atoms with E-state index in [1.807, 2.05) is 29.9 Å². The van der Waals surface area contributed by atoms with Gasteiger partial charge in [-0.2, -0.15) is 5.10 Å². The summed E-state index contributed by atoms with van der Waals surface area (Å²) >= 11 is 0. The van der Waals surface area contributed by atoms with E-state index < -0.39 is 0 Å². The molecule has 3 saturated heterocycles. The molecule has 2 bridgehead atoms. The fourth-order valence-electron chi connectivity index (χ4n) is 6.65. The number of imidazole rings is 1. The number of piperazine rings is 1. The molecule has 0 aromatic carbocycles. The van der Waals surface area contributed by atoms with Crippen molar-refractivity contribution in [2.75, 3.05) is 63.3 Å². The predicted molar refractivity (Wildman–Crippen MR) is 161 cm³/mol. The molecule has 216 valence electrons. The number of hydrogen-bond donors (Lipinski definition) is 0. The molecular formula is C30H34N10O2. The lowest BCUT2D eigenvalue weighted by molar-refractivity contribution is 0.0989. The average molecular weight is 567 g/mol. The molecule has 0 spiro atoms. The monoisotopic (exact) mass is 566 g/mol. The first-order chi connectivity index (χ1) is 20.5. The summed E-state index contributed by atoms with van der Waals surface area (Å²) in [4.78, 5) is 26.9. The maximum absolute atomic E-state index is 5.95. The van der Waals surface area contributed by atoms with E-state index in [1.54, 1.807) is 19.5 Å². The van der Waals surface area contributed by atoms with Crippen LogP contribution in [0.3, 0.4) is 0 Å². The van der Waals surface area contributed by atoms with Crippen molar-refractivity contribution in [2.24, 2.45) is 7.05 Å².